The standard InChI is InChI=1S/C35H50N2O36S4/c1-10(38)36-16-25(23(72-76(55,56)57)14(8-62-74(49,50)51)65-32(16)64-13-6-4-12(61-3)5-7-13)68-35-22(44)20(42)27(29(71-35)31(47)48)69-33-17(37-11(2)39)26(67-34-21(43)18(40)19(41)28(70-34)30(45)46)24(73-77(58,59)60)15(66-33)9-63-75(52,53)54/h4-7,14-29,32-35,40-44H,8-9H2,1-3H3,(H,36,38)(H,37,39)(H,45,46)(H,47,48)(H,49,50,51)(H,52,53,54)(H,55,56,57)(H,58,59,60)/t14-,15-,16-,17-,18-,19-,20-,21+,22-,23+,24+,25-,26-,27+,28+,29+,32-,33+,34-,35-/m1/s1. The van der Waals surface area contributed by atoms with Crippen LogP contribution in [0.25, 0.3) is 0 Å². The van der Waals surface area contributed by atoms with Crippen LogP contribution in [0.15, 0.2) is 24.3 Å². The Kier molecular flexibility index (Phi) is 21.0. The number of carboxylic acids is 2. The Balaban J connectivity index is 1.59. The van der Waals surface area contributed by atoms with E-state index < -0.39 is 201 Å². The third-order valence-corrected chi connectivity index (χ3v) is 12.8. The number of methoxy groups -OCH3 is 1. The maximum Gasteiger partial charge on any atom is 0.397 e. The second-order valence-corrected chi connectivity index (χ2v) is 20.8. The minimum Gasteiger partial charge on any atom is -0.497 e. The highest BCUT2D eigenvalue weighted by Gasteiger charge is 2.59. The number of nitrogens with one attached hydrogen (secondary N) is 2. The summed E-state index contributed by atoms with van der Waals surface area (Å²) in [6.07, 6.45) is -45.6. The van der Waals surface area contributed by atoms with Crippen molar-refractivity contribution < 1.29 is 166 Å². The van der Waals surface area contributed by atoms with Crippen LogP contribution >= 0.6 is 0 Å². The molecule has 0 saturated carbocycles. The van der Waals surface area contributed by atoms with Crippen molar-refractivity contribution in [1.82, 2.24) is 10.6 Å². The molecule has 0 unspecified atom stereocenters. The number of hydrogen-bond donors (Lipinski definition) is 13. The molecule has 4 heterocycles. The minimum absolute atomic E-state index is 0.148. The van der Waals surface area contributed by atoms with Gasteiger partial charge in [-0.2, -0.15) is 33.7 Å². The molecule has 4 aliphatic heterocycles. The first kappa shape index (κ1) is 63.5. The maximum absolute atomic E-state index is 13.0. The third-order valence-electron chi connectivity index (χ3n) is 11.0. The SMILES string of the molecule is COc1ccc(O[C@@H]2O[C@H](COS(=O)(=O)O)[C@H](OS(=O)(=O)O)[C@H](O[C@@H]3O[C@H](C(=O)O)[C@@H](O[C@@H]4O[C@H](COS(=O)(=O)O)[C@H](OS(=O)(=O)O)[C@H](O[C@@H]5O[C@H](C(=O)O)[C@H](O)[C@@H](O)[C@@H]5O)[C@H]4NC(C)=O)[C@H](O)[C@H]3O)[C@H]2NC(C)=O)cc1. The summed E-state index contributed by atoms with van der Waals surface area (Å²) in [6, 6.07) is 0.792. The molecule has 2 amide bonds. The molecule has 1 aromatic carbocycles. The second kappa shape index (κ2) is 25.4. The average molecular weight is 1200 g/mol. The average Bonchev–Trinajstić information content (AvgIpc) is 3.29. The Bertz CT molecular complexity index is 2700. The zero-order valence-electron chi connectivity index (χ0n) is 39.0. The van der Waals surface area contributed by atoms with Crippen molar-refractivity contribution in [1.29, 1.82) is 0 Å². The van der Waals surface area contributed by atoms with Gasteiger partial charge in [0.1, 0.15) is 96.8 Å². The van der Waals surface area contributed by atoms with Crippen molar-refractivity contribution in [2.75, 3.05) is 20.3 Å². The Hall–Kier alpha value is -4.30. The minimum atomic E-state index is -5.85. The highest BCUT2D eigenvalue weighted by molar-refractivity contribution is 7.81. The van der Waals surface area contributed by atoms with Gasteiger partial charge in [-0.3, -0.25) is 27.8 Å². The number of carboxylic acid groups (broad SMARTS) is 2. The van der Waals surface area contributed by atoms with E-state index in [1.54, 1.807) is 0 Å². The lowest BCUT2D eigenvalue weighted by atomic mass is 9.94. The molecular weight excluding hydrogens is 1150 g/mol. The van der Waals surface area contributed by atoms with E-state index in [-0.39, 0.29) is 11.5 Å². The fourth-order valence-electron chi connectivity index (χ4n) is 7.93. The van der Waals surface area contributed by atoms with E-state index in [4.69, 9.17) is 46.8 Å². The predicted octanol–water partition coefficient (Wildman–Crippen LogP) is -7.87. The molecule has 4 aliphatic rings. The maximum atomic E-state index is 13.0. The van der Waals surface area contributed by atoms with Crippen LogP contribution < -0.4 is 20.1 Å². The molecule has 0 aromatic heterocycles. The molecule has 38 nitrogen and oxygen atoms in total. The van der Waals surface area contributed by atoms with Gasteiger partial charge in [0.25, 0.3) is 0 Å². The molecule has 20 atom stereocenters. The summed E-state index contributed by atoms with van der Waals surface area (Å²) in [5.74, 6) is -6.34. The van der Waals surface area contributed by atoms with Crippen molar-refractivity contribution >= 4 is 65.3 Å². The first-order valence-corrected chi connectivity index (χ1v) is 26.8. The van der Waals surface area contributed by atoms with Gasteiger partial charge in [0.05, 0.1) is 20.3 Å². The fraction of sp³-hybridized carbons (Fsp3) is 0.714. The number of rotatable bonds is 23. The lowest BCUT2D eigenvalue weighted by Gasteiger charge is -2.50. The number of benzene rings is 1. The van der Waals surface area contributed by atoms with E-state index in [1.807, 2.05) is 0 Å². The van der Waals surface area contributed by atoms with Crippen molar-refractivity contribution in [2.45, 2.75) is 137 Å². The number of ether oxygens (including phenoxy) is 9. The molecule has 42 heteroatoms. The van der Waals surface area contributed by atoms with E-state index in [2.05, 4.69) is 23.2 Å². The van der Waals surface area contributed by atoms with Crippen LogP contribution in [0.3, 0.4) is 0 Å². The molecule has 0 spiro atoms. The highest BCUT2D eigenvalue weighted by atomic mass is 32.3. The Morgan fingerprint density at radius 3 is 1.29 bits per heavy atom. The molecule has 77 heavy (non-hydrogen) atoms. The molecule has 4 fully saturated rings. The van der Waals surface area contributed by atoms with Crippen molar-refractivity contribution in [3.63, 3.8) is 0 Å². The third kappa shape index (κ3) is 17.3. The van der Waals surface area contributed by atoms with Crippen LogP contribution in [-0.4, -0.2) is 254 Å². The highest BCUT2D eigenvalue weighted by Crippen LogP contribution is 2.37. The normalized spacial score (nSPS) is 36.3. The van der Waals surface area contributed by atoms with Gasteiger partial charge in [0.15, 0.2) is 31.1 Å². The molecule has 440 valence electrons. The van der Waals surface area contributed by atoms with Crippen molar-refractivity contribution in [2.24, 2.45) is 0 Å². The van der Waals surface area contributed by atoms with Crippen molar-refractivity contribution in [3.05, 3.63) is 24.3 Å². The zero-order chi connectivity index (χ0) is 57.9. The van der Waals surface area contributed by atoms with Gasteiger partial charge in [-0.05, 0) is 24.3 Å². The van der Waals surface area contributed by atoms with Gasteiger partial charge in [-0.1, -0.05) is 0 Å². The first-order chi connectivity index (χ1) is 35.5. The van der Waals surface area contributed by atoms with Crippen LogP contribution in [0.2, 0.25) is 0 Å². The number of aliphatic hydroxyl groups is 5. The largest absolute Gasteiger partial charge is 0.497 e. The molecule has 4 saturated heterocycles. The summed E-state index contributed by atoms with van der Waals surface area (Å²) in [4.78, 5) is 50.4. The van der Waals surface area contributed by atoms with Gasteiger partial charge >= 0.3 is 53.5 Å². The molecule has 13 N–H and O–H groups in total. The fourth-order valence-corrected chi connectivity index (χ4v) is 9.57. The summed E-state index contributed by atoms with van der Waals surface area (Å²) < 4.78 is 202. The van der Waals surface area contributed by atoms with Gasteiger partial charge in [0.2, 0.25) is 18.1 Å². The summed E-state index contributed by atoms with van der Waals surface area (Å²) in [7, 11) is -21.3. The first-order valence-electron chi connectivity index (χ1n) is 21.3. The van der Waals surface area contributed by atoms with E-state index in [9.17, 15) is 107 Å². The van der Waals surface area contributed by atoms with Gasteiger partial charge in [0, 0.05) is 13.8 Å². The van der Waals surface area contributed by atoms with Gasteiger partial charge in [-0.25, -0.2) is 26.3 Å². The van der Waals surface area contributed by atoms with Crippen LogP contribution in [0.4, 0.5) is 0 Å². The van der Waals surface area contributed by atoms with Crippen LogP contribution in [0, 0.1) is 0 Å². The number of carbonyl (C=O) groups is 4. The van der Waals surface area contributed by atoms with Crippen LogP contribution in [0.1, 0.15) is 13.8 Å². The number of amides is 2. The quantitative estimate of drug-likeness (QED) is 0.0453. The number of aliphatic hydroxyl groups excluding tert-OH is 5. The van der Waals surface area contributed by atoms with Crippen molar-refractivity contribution in [3.8, 4) is 11.5 Å². The molecule has 5 rings (SSSR count). The van der Waals surface area contributed by atoms with Crippen LogP contribution in [0.5, 0.6) is 11.5 Å². The lowest BCUT2D eigenvalue weighted by molar-refractivity contribution is -0.366. The number of aliphatic carboxylic acids is 2. The molecule has 1 aromatic rings. The van der Waals surface area contributed by atoms with Crippen LogP contribution in [-0.2, 0) is 111 Å². The topological polar surface area (TPSA) is 571 Å². The lowest BCUT2D eigenvalue weighted by Crippen LogP contribution is -2.71. The molecule has 0 radical (unpaired) electrons. The number of carbonyl (C=O) groups excluding carboxylic acids is 2. The summed E-state index contributed by atoms with van der Waals surface area (Å²) in [6.45, 7) is -1.49. The number of hydrogen-bond acceptors (Lipinski definition) is 30. The summed E-state index contributed by atoms with van der Waals surface area (Å²) >= 11 is 0. The Morgan fingerprint density at radius 2 is 0.883 bits per heavy atom. The van der Waals surface area contributed by atoms with Gasteiger partial charge < -0.3 is 89.0 Å². The summed E-state index contributed by atoms with van der Waals surface area (Å²) in [5.41, 5.74) is 0. The molecular formula is C35H50N2O36S4. The smallest absolute Gasteiger partial charge is 0.397 e. The molecule has 0 aliphatic carbocycles. The molecule has 0 bridgehead atoms. The zero-order valence-corrected chi connectivity index (χ0v) is 42.3. The van der Waals surface area contributed by atoms with E-state index in [0.717, 1.165) is 13.8 Å². The summed E-state index contributed by atoms with van der Waals surface area (Å²) in [5, 5.41) is 79.3. The van der Waals surface area contributed by atoms with E-state index in [1.165, 1.54) is 31.4 Å². The van der Waals surface area contributed by atoms with Gasteiger partial charge in [-0.15, -0.1) is 0 Å². The Labute approximate surface area is 433 Å². The second-order valence-electron chi connectivity index (χ2n) is 16.5. The predicted molar refractivity (Wildman–Crippen MR) is 231 cm³/mol. The monoisotopic (exact) mass is 1200 g/mol. The van der Waals surface area contributed by atoms with E-state index >= 15 is 0 Å². The van der Waals surface area contributed by atoms with E-state index in [0.29, 0.717) is 0 Å². The Morgan fingerprint density at radius 1 is 0.494 bits per heavy atom.